The molecule has 0 heterocycles. The first kappa shape index (κ1) is 18.3. The van der Waals surface area contributed by atoms with Crippen LogP contribution in [0.3, 0.4) is 0 Å². The zero-order valence-electron chi connectivity index (χ0n) is 12.7. The second-order valence-electron chi connectivity index (χ2n) is 5.26. The van der Waals surface area contributed by atoms with Crippen LogP contribution in [-0.4, -0.2) is 31.7 Å². The van der Waals surface area contributed by atoms with Crippen LogP contribution in [0.5, 0.6) is 0 Å². The molecule has 0 amide bonds. The zero-order chi connectivity index (χ0) is 18.3. The lowest BCUT2D eigenvalue weighted by molar-refractivity contribution is 0.103. The number of carbonyl (C=O) groups is 1. The maximum atomic E-state index is 12.6. The Morgan fingerprint density at radius 3 is 1.96 bits per heavy atom. The number of aryl methyl sites for hydroxylation is 2. The predicted octanol–water partition coefficient (Wildman–Crippen LogP) is 2.03. The summed E-state index contributed by atoms with van der Waals surface area (Å²) in [5.41, 5.74) is 0.310. The van der Waals surface area contributed by atoms with Gasteiger partial charge in [-0.25, -0.2) is 0 Å². The molecule has 128 valence electrons. The minimum Gasteiger partial charge on any atom is -0.289 e. The van der Waals surface area contributed by atoms with Gasteiger partial charge in [-0.05, 0) is 43.2 Å². The van der Waals surface area contributed by atoms with Crippen molar-refractivity contribution in [3.05, 3.63) is 58.7 Å². The van der Waals surface area contributed by atoms with Crippen molar-refractivity contribution in [3.63, 3.8) is 0 Å². The van der Waals surface area contributed by atoms with E-state index in [0.717, 1.165) is 12.1 Å². The summed E-state index contributed by atoms with van der Waals surface area (Å²) in [6.45, 7) is 3.03. The Bertz CT molecular complexity index is 1040. The van der Waals surface area contributed by atoms with Crippen LogP contribution < -0.4 is 0 Å². The maximum Gasteiger partial charge on any atom is 0.295 e. The molecule has 0 bridgehead atoms. The number of rotatable bonds is 4. The van der Waals surface area contributed by atoms with Crippen molar-refractivity contribution in [2.75, 3.05) is 0 Å². The van der Waals surface area contributed by atoms with Gasteiger partial charge in [-0.15, -0.1) is 0 Å². The highest BCUT2D eigenvalue weighted by molar-refractivity contribution is 7.86. The molecule has 0 saturated carbocycles. The van der Waals surface area contributed by atoms with Crippen molar-refractivity contribution in [1.29, 1.82) is 0 Å². The van der Waals surface area contributed by atoms with E-state index in [4.69, 9.17) is 0 Å². The fourth-order valence-electron chi connectivity index (χ4n) is 2.21. The molecule has 2 N–H and O–H groups in total. The third-order valence-corrected chi connectivity index (χ3v) is 5.28. The highest BCUT2D eigenvalue weighted by Gasteiger charge is 2.23. The number of hydrogen-bond donors (Lipinski definition) is 2. The quantitative estimate of drug-likeness (QED) is 0.623. The molecular formula is C15H14O7S2. The van der Waals surface area contributed by atoms with Crippen LogP contribution in [0.2, 0.25) is 0 Å². The van der Waals surface area contributed by atoms with Crippen molar-refractivity contribution in [3.8, 4) is 0 Å². The van der Waals surface area contributed by atoms with Gasteiger partial charge >= 0.3 is 0 Å². The molecule has 0 spiro atoms. The normalized spacial score (nSPS) is 12.2. The number of hydrogen-bond acceptors (Lipinski definition) is 5. The van der Waals surface area contributed by atoms with E-state index in [1.165, 1.54) is 31.2 Å². The van der Waals surface area contributed by atoms with Crippen molar-refractivity contribution in [1.82, 2.24) is 0 Å². The summed E-state index contributed by atoms with van der Waals surface area (Å²) < 4.78 is 64.2. The van der Waals surface area contributed by atoms with E-state index in [-0.39, 0.29) is 16.7 Å². The van der Waals surface area contributed by atoms with Crippen molar-refractivity contribution in [2.45, 2.75) is 23.6 Å². The maximum absolute atomic E-state index is 12.6. The summed E-state index contributed by atoms with van der Waals surface area (Å²) in [7, 11) is -9.18. The third-order valence-electron chi connectivity index (χ3n) is 3.39. The van der Waals surface area contributed by atoms with Gasteiger partial charge in [0.25, 0.3) is 20.2 Å². The van der Waals surface area contributed by atoms with E-state index in [9.17, 15) is 30.7 Å². The van der Waals surface area contributed by atoms with Crippen LogP contribution in [0.4, 0.5) is 0 Å². The lowest BCUT2D eigenvalue weighted by atomic mass is 10.0. The molecule has 2 rings (SSSR count). The van der Waals surface area contributed by atoms with E-state index in [0.29, 0.717) is 5.56 Å². The SMILES string of the molecule is Cc1ccc(C(=O)c2ccc(C)c(S(=O)(=O)O)c2)c(S(=O)(=O)O)c1. The van der Waals surface area contributed by atoms with Gasteiger partial charge in [-0.1, -0.05) is 18.2 Å². The molecule has 2 aromatic rings. The van der Waals surface area contributed by atoms with Crippen LogP contribution in [0.15, 0.2) is 46.2 Å². The first-order chi connectivity index (χ1) is 10.9. The molecule has 0 radical (unpaired) electrons. The Morgan fingerprint density at radius 1 is 0.833 bits per heavy atom. The Hall–Kier alpha value is -2.07. The Labute approximate surface area is 139 Å². The van der Waals surface area contributed by atoms with Gasteiger partial charge in [-0.2, -0.15) is 16.8 Å². The minimum absolute atomic E-state index is 0.137. The lowest BCUT2D eigenvalue weighted by Gasteiger charge is -2.09. The molecule has 9 heteroatoms. The predicted molar refractivity (Wildman–Crippen MR) is 85.4 cm³/mol. The number of carbonyl (C=O) groups excluding carboxylic acids is 1. The van der Waals surface area contributed by atoms with Crippen LogP contribution in [0.1, 0.15) is 27.0 Å². The summed E-state index contributed by atoms with van der Waals surface area (Å²) in [6.07, 6.45) is 0. The summed E-state index contributed by atoms with van der Waals surface area (Å²) in [5, 5.41) is 0. The minimum atomic E-state index is -4.64. The highest BCUT2D eigenvalue weighted by Crippen LogP contribution is 2.23. The Balaban J connectivity index is 2.68. The summed E-state index contributed by atoms with van der Waals surface area (Å²) in [5.74, 6) is -0.799. The molecule has 0 aliphatic carbocycles. The van der Waals surface area contributed by atoms with Gasteiger partial charge in [-0.3, -0.25) is 13.9 Å². The standard InChI is InChI=1S/C15H14O7S2/c1-9-3-6-12(14(7-9)24(20,21)22)15(16)11-5-4-10(2)13(8-11)23(17,18)19/h3-8H,1-2H3,(H,17,18,19)(H,20,21,22). The van der Waals surface area contributed by atoms with Crippen LogP contribution in [0, 0.1) is 13.8 Å². The molecule has 0 fully saturated rings. The second kappa shape index (κ2) is 6.10. The van der Waals surface area contributed by atoms with Crippen molar-refractivity contribution >= 4 is 26.0 Å². The summed E-state index contributed by atoms with van der Waals surface area (Å²) in [4.78, 5) is 11.5. The smallest absolute Gasteiger partial charge is 0.289 e. The van der Waals surface area contributed by atoms with Crippen LogP contribution in [0.25, 0.3) is 0 Å². The summed E-state index contributed by atoms with van der Waals surface area (Å²) in [6, 6.07) is 7.44. The van der Waals surface area contributed by atoms with Gasteiger partial charge in [0.2, 0.25) is 0 Å². The monoisotopic (exact) mass is 370 g/mol. The fraction of sp³-hybridized carbons (Fsp3) is 0.133. The second-order valence-corrected chi connectivity index (χ2v) is 8.04. The largest absolute Gasteiger partial charge is 0.295 e. The molecule has 0 aliphatic rings. The molecule has 0 saturated heterocycles. The Kier molecular flexibility index (Phi) is 4.64. The third kappa shape index (κ3) is 3.70. The van der Waals surface area contributed by atoms with E-state index < -0.39 is 35.8 Å². The molecule has 7 nitrogen and oxygen atoms in total. The van der Waals surface area contributed by atoms with Crippen molar-refractivity contribution < 1.29 is 30.7 Å². The molecule has 2 aromatic carbocycles. The summed E-state index contributed by atoms with van der Waals surface area (Å²) >= 11 is 0. The topological polar surface area (TPSA) is 126 Å². The van der Waals surface area contributed by atoms with Gasteiger partial charge in [0.05, 0.1) is 4.90 Å². The molecule has 0 atom stereocenters. The van der Waals surface area contributed by atoms with Gasteiger partial charge < -0.3 is 0 Å². The van der Waals surface area contributed by atoms with Gasteiger partial charge in [0, 0.05) is 11.1 Å². The molecule has 0 aromatic heterocycles. The fourth-order valence-corrected chi connectivity index (χ4v) is 3.73. The van der Waals surface area contributed by atoms with E-state index in [1.54, 1.807) is 6.92 Å². The first-order valence-electron chi connectivity index (χ1n) is 6.62. The van der Waals surface area contributed by atoms with Crippen LogP contribution >= 0.6 is 0 Å². The molecular weight excluding hydrogens is 356 g/mol. The molecule has 0 aliphatic heterocycles. The highest BCUT2D eigenvalue weighted by atomic mass is 32.2. The van der Waals surface area contributed by atoms with Gasteiger partial charge in [0.1, 0.15) is 4.90 Å². The molecule has 0 unspecified atom stereocenters. The number of benzene rings is 2. The van der Waals surface area contributed by atoms with Gasteiger partial charge in [0.15, 0.2) is 5.78 Å². The average molecular weight is 370 g/mol. The van der Waals surface area contributed by atoms with Crippen LogP contribution in [-0.2, 0) is 20.2 Å². The number of ketones is 1. The molecule has 24 heavy (non-hydrogen) atoms. The van der Waals surface area contributed by atoms with E-state index in [2.05, 4.69) is 0 Å². The lowest BCUT2D eigenvalue weighted by Crippen LogP contribution is -2.11. The zero-order valence-corrected chi connectivity index (χ0v) is 14.3. The Morgan fingerprint density at radius 2 is 1.42 bits per heavy atom. The van der Waals surface area contributed by atoms with Crippen molar-refractivity contribution in [2.24, 2.45) is 0 Å². The van der Waals surface area contributed by atoms with E-state index >= 15 is 0 Å². The first-order valence-corrected chi connectivity index (χ1v) is 9.50. The van der Waals surface area contributed by atoms with E-state index in [1.807, 2.05) is 0 Å². The average Bonchev–Trinajstić information content (AvgIpc) is 2.45.